The zero-order chi connectivity index (χ0) is 15.7. The van der Waals surface area contributed by atoms with Gasteiger partial charge in [-0.2, -0.15) is 0 Å². The van der Waals surface area contributed by atoms with Crippen LogP contribution in [-0.4, -0.2) is 57.9 Å². The Labute approximate surface area is 127 Å². The second-order valence-electron chi connectivity index (χ2n) is 5.56. The van der Waals surface area contributed by atoms with E-state index in [-0.39, 0.29) is 17.4 Å². The van der Waals surface area contributed by atoms with Crippen LogP contribution in [0.2, 0.25) is 0 Å². The maximum Gasteiger partial charge on any atom is 0.289 e. The maximum absolute atomic E-state index is 12.3. The zero-order valence-electron chi connectivity index (χ0n) is 12.5. The van der Waals surface area contributed by atoms with Gasteiger partial charge < -0.3 is 14.8 Å². The molecule has 1 aliphatic heterocycles. The van der Waals surface area contributed by atoms with Gasteiger partial charge >= 0.3 is 0 Å². The van der Waals surface area contributed by atoms with Gasteiger partial charge in [0.2, 0.25) is 5.95 Å². The van der Waals surface area contributed by atoms with E-state index in [0.29, 0.717) is 24.9 Å². The lowest BCUT2D eigenvalue weighted by atomic mass is 10.1. The standard InChI is InChI=1S/C14H18N6O2/c1-19(2)14-17-10(7-11(21)18-14)9-3-6-20(8-9)13(22)12-15-4-5-16-12/h4-5,7,9H,3,6,8H2,1-2H3,(H,15,16)(H,17,18,21). The van der Waals surface area contributed by atoms with Crippen molar-refractivity contribution < 1.29 is 4.79 Å². The van der Waals surface area contributed by atoms with Crippen molar-refractivity contribution >= 4 is 11.9 Å². The number of amides is 1. The maximum atomic E-state index is 12.3. The molecule has 0 bridgehead atoms. The van der Waals surface area contributed by atoms with E-state index in [0.717, 1.165) is 12.1 Å². The molecule has 0 spiro atoms. The Bertz CT molecular complexity index is 721. The molecule has 8 nitrogen and oxygen atoms in total. The van der Waals surface area contributed by atoms with Gasteiger partial charge in [-0.1, -0.05) is 0 Å². The summed E-state index contributed by atoms with van der Waals surface area (Å²) in [6.45, 7) is 1.18. The molecule has 1 saturated heterocycles. The second-order valence-corrected chi connectivity index (χ2v) is 5.56. The molecule has 8 heteroatoms. The molecule has 1 atom stereocenters. The highest BCUT2D eigenvalue weighted by Crippen LogP contribution is 2.26. The van der Waals surface area contributed by atoms with E-state index in [2.05, 4.69) is 19.9 Å². The molecule has 0 aliphatic carbocycles. The van der Waals surface area contributed by atoms with E-state index >= 15 is 0 Å². The highest BCUT2D eigenvalue weighted by atomic mass is 16.2. The number of rotatable bonds is 3. The third-order valence-corrected chi connectivity index (χ3v) is 3.77. The summed E-state index contributed by atoms with van der Waals surface area (Å²) < 4.78 is 0. The van der Waals surface area contributed by atoms with Gasteiger partial charge in [0.05, 0.1) is 5.69 Å². The van der Waals surface area contributed by atoms with Gasteiger partial charge in [0, 0.05) is 51.6 Å². The van der Waals surface area contributed by atoms with Crippen molar-refractivity contribution in [3.63, 3.8) is 0 Å². The van der Waals surface area contributed by atoms with E-state index in [1.54, 1.807) is 22.2 Å². The van der Waals surface area contributed by atoms with Crippen LogP contribution in [0.1, 0.15) is 28.7 Å². The van der Waals surface area contributed by atoms with Gasteiger partial charge in [-0.15, -0.1) is 0 Å². The van der Waals surface area contributed by atoms with Crippen LogP contribution in [0.5, 0.6) is 0 Å². The fourth-order valence-electron chi connectivity index (χ4n) is 2.60. The van der Waals surface area contributed by atoms with Crippen LogP contribution < -0.4 is 10.5 Å². The minimum Gasteiger partial charge on any atom is -0.348 e. The summed E-state index contributed by atoms with van der Waals surface area (Å²) in [5.41, 5.74) is 0.548. The van der Waals surface area contributed by atoms with Crippen LogP contribution >= 0.6 is 0 Å². The Morgan fingerprint density at radius 1 is 1.45 bits per heavy atom. The van der Waals surface area contributed by atoms with Crippen molar-refractivity contribution in [3.05, 3.63) is 40.3 Å². The van der Waals surface area contributed by atoms with Crippen LogP contribution in [0, 0.1) is 0 Å². The van der Waals surface area contributed by atoms with Gasteiger partial charge in [0.25, 0.3) is 11.5 Å². The van der Waals surface area contributed by atoms with Crippen molar-refractivity contribution in [2.75, 3.05) is 32.1 Å². The van der Waals surface area contributed by atoms with Gasteiger partial charge in [-0.3, -0.25) is 14.6 Å². The molecule has 1 fully saturated rings. The summed E-state index contributed by atoms with van der Waals surface area (Å²) in [5, 5.41) is 0. The van der Waals surface area contributed by atoms with E-state index in [1.165, 1.54) is 6.07 Å². The lowest BCUT2D eigenvalue weighted by Crippen LogP contribution is -2.29. The smallest absolute Gasteiger partial charge is 0.289 e. The molecule has 3 heterocycles. The number of aromatic nitrogens is 4. The molecule has 116 valence electrons. The fraction of sp³-hybridized carbons (Fsp3) is 0.429. The highest BCUT2D eigenvalue weighted by molar-refractivity contribution is 5.90. The number of hydrogen-bond acceptors (Lipinski definition) is 5. The topological polar surface area (TPSA) is 98.0 Å². The average Bonchev–Trinajstić information content (AvgIpc) is 3.17. The van der Waals surface area contributed by atoms with Crippen LogP contribution in [0.3, 0.4) is 0 Å². The summed E-state index contributed by atoms with van der Waals surface area (Å²) >= 11 is 0. The molecule has 1 aliphatic rings. The van der Waals surface area contributed by atoms with Crippen molar-refractivity contribution in [3.8, 4) is 0 Å². The van der Waals surface area contributed by atoms with E-state index in [1.807, 2.05) is 14.1 Å². The third-order valence-electron chi connectivity index (χ3n) is 3.77. The Morgan fingerprint density at radius 3 is 2.95 bits per heavy atom. The minimum absolute atomic E-state index is 0.0694. The van der Waals surface area contributed by atoms with Crippen molar-refractivity contribution in [1.82, 2.24) is 24.8 Å². The normalized spacial score (nSPS) is 17.7. The van der Waals surface area contributed by atoms with Crippen LogP contribution in [-0.2, 0) is 0 Å². The summed E-state index contributed by atoms with van der Waals surface area (Å²) in [6, 6.07) is 1.51. The number of nitrogens with zero attached hydrogens (tertiary/aromatic N) is 4. The predicted octanol–water partition coefficient (Wildman–Crippen LogP) is 0.189. The molecule has 2 aromatic heterocycles. The monoisotopic (exact) mass is 302 g/mol. The summed E-state index contributed by atoms with van der Waals surface area (Å²) in [7, 11) is 3.65. The van der Waals surface area contributed by atoms with Gasteiger partial charge in [0.1, 0.15) is 0 Å². The van der Waals surface area contributed by atoms with Gasteiger partial charge in [0.15, 0.2) is 5.82 Å². The number of nitrogens with one attached hydrogen (secondary N) is 2. The number of hydrogen-bond donors (Lipinski definition) is 2. The first-order chi connectivity index (χ1) is 10.5. The van der Waals surface area contributed by atoms with Crippen molar-refractivity contribution in [2.45, 2.75) is 12.3 Å². The lowest BCUT2D eigenvalue weighted by Gasteiger charge is -2.16. The number of carbonyl (C=O) groups is 1. The number of carbonyl (C=O) groups excluding carboxylic acids is 1. The van der Waals surface area contributed by atoms with Crippen molar-refractivity contribution in [1.29, 1.82) is 0 Å². The molecular weight excluding hydrogens is 284 g/mol. The average molecular weight is 302 g/mol. The van der Waals surface area contributed by atoms with Crippen LogP contribution in [0.15, 0.2) is 23.3 Å². The first-order valence-corrected chi connectivity index (χ1v) is 7.12. The van der Waals surface area contributed by atoms with E-state index < -0.39 is 0 Å². The van der Waals surface area contributed by atoms with E-state index in [9.17, 15) is 9.59 Å². The summed E-state index contributed by atoms with van der Waals surface area (Å²) in [6.07, 6.45) is 3.97. The largest absolute Gasteiger partial charge is 0.348 e. The zero-order valence-corrected chi connectivity index (χ0v) is 12.5. The van der Waals surface area contributed by atoms with Crippen molar-refractivity contribution in [2.24, 2.45) is 0 Å². The number of imidazole rings is 1. The molecule has 1 unspecified atom stereocenters. The molecule has 3 rings (SSSR count). The molecule has 2 N–H and O–H groups in total. The molecule has 0 saturated carbocycles. The fourth-order valence-corrected chi connectivity index (χ4v) is 2.60. The molecule has 22 heavy (non-hydrogen) atoms. The Morgan fingerprint density at radius 2 is 2.27 bits per heavy atom. The first kappa shape index (κ1) is 14.3. The van der Waals surface area contributed by atoms with Gasteiger partial charge in [-0.05, 0) is 6.42 Å². The number of likely N-dealkylation sites (tertiary alicyclic amines) is 1. The number of H-pyrrole nitrogens is 2. The Balaban J connectivity index is 1.78. The second kappa shape index (κ2) is 5.63. The lowest BCUT2D eigenvalue weighted by molar-refractivity contribution is 0.0779. The molecule has 0 radical (unpaired) electrons. The molecular formula is C14H18N6O2. The van der Waals surface area contributed by atoms with Gasteiger partial charge in [-0.25, -0.2) is 9.97 Å². The van der Waals surface area contributed by atoms with Crippen LogP contribution in [0.4, 0.5) is 5.95 Å². The molecule has 0 aromatic carbocycles. The quantitative estimate of drug-likeness (QED) is 0.843. The Hall–Kier alpha value is -2.64. The SMILES string of the molecule is CN(C)c1nc(C2CCN(C(=O)c3ncc[nH]3)C2)cc(=O)[nH]1. The first-order valence-electron chi connectivity index (χ1n) is 7.12. The Kier molecular flexibility index (Phi) is 3.66. The minimum atomic E-state index is -0.176. The molecule has 1 amide bonds. The summed E-state index contributed by atoms with van der Waals surface area (Å²) in [5.74, 6) is 0.817. The highest BCUT2D eigenvalue weighted by Gasteiger charge is 2.30. The van der Waals surface area contributed by atoms with E-state index in [4.69, 9.17) is 0 Å². The summed E-state index contributed by atoms with van der Waals surface area (Å²) in [4.78, 5) is 41.5. The third kappa shape index (κ3) is 2.72. The number of anilines is 1. The predicted molar refractivity (Wildman–Crippen MR) is 81.0 cm³/mol. The molecule has 2 aromatic rings. The number of aromatic amines is 2. The van der Waals surface area contributed by atoms with Crippen LogP contribution in [0.25, 0.3) is 0 Å².